The Morgan fingerprint density at radius 1 is 1.15 bits per heavy atom. The van der Waals surface area contributed by atoms with E-state index in [0.717, 1.165) is 11.1 Å². The van der Waals surface area contributed by atoms with Crippen LogP contribution in [0.15, 0.2) is 48.5 Å². The van der Waals surface area contributed by atoms with Gasteiger partial charge in [-0.2, -0.15) is 0 Å². The Bertz CT molecular complexity index is 878. The van der Waals surface area contributed by atoms with Crippen molar-refractivity contribution in [3.63, 3.8) is 0 Å². The molecule has 1 heterocycles. The molecule has 0 saturated carbocycles. The number of carbonyl (C=O) groups is 3. The minimum Gasteiger partial charge on any atom is -0.352 e. The number of benzene rings is 2. The Morgan fingerprint density at radius 2 is 1.93 bits per heavy atom. The minimum atomic E-state index is -0.383. The fraction of sp³-hybridized carbons (Fsp3) is 0.286. The van der Waals surface area contributed by atoms with Gasteiger partial charge in [-0.25, -0.2) is 0 Å². The van der Waals surface area contributed by atoms with Crippen molar-refractivity contribution in [3.05, 3.63) is 59.7 Å². The van der Waals surface area contributed by atoms with Crippen LogP contribution in [-0.4, -0.2) is 24.3 Å². The average Bonchev–Trinajstić information content (AvgIpc) is 3.01. The first-order valence-corrected chi connectivity index (χ1v) is 8.93. The third kappa shape index (κ3) is 4.73. The van der Waals surface area contributed by atoms with Gasteiger partial charge < -0.3 is 15.5 Å². The van der Waals surface area contributed by atoms with Crippen molar-refractivity contribution < 1.29 is 14.4 Å². The zero-order valence-electron chi connectivity index (χ0n) is 15.5. The summed E-state index contributed by atoms with van der Waals surface area (Å²) in [7, 11) is 0. The molecule has 2 aromatic rings. The highest BCUT2D eigenvalue weighted by Gasteiger charge is 2.35. The Morgan fingerprint density at radius 3 is 2.67 bits per heavy atom. The maximum absolute atomic E-state index is 12.5. The molecule has 0 aromatic heterocycles. The molecule has 6 nitrogen and oxygen atoms in total. The van der Waals surface area contributed by atoms with Gasteiger partial charge in [0.15, 0.2) is 0 Å². The first-order chi connectivity index (χ1) is 12.9. The normalized spacial score (nSPS) is 16.3. The highest BCUT2D eigenvalue weighted by atomic mass is 16.2. The van der Waals surface area contributed by atoms with E-state index in [9.17, 15) is 14.4 Å². The average molecular weight is 365 g/mol. The Balaban J connectivity index is 1.63. The second-order valence-electron chi connectivity index (χ2n) is 6.84. The van der Waals surface area contributed by atoms with Crippen LogP contribution >= 0.6 is 0 Å². The molecule has 3 rings (SSSR count). The fourth-order valence-electron chi connectivity index (χ4n) is 3.24. The standard InChI is InChI=1S/C21H23N3O3/c1-14-5-3-6-16(9-14)12-22-21(27)17-10-20(26)24(13-17)19-8-4-7-18(11-19)23-15(2)25/h3-9,11,17H,10,12-13H2,1-2H3,(H,22,27)(H,23,25)/t17-/m0/s1. The molecule has 6 heteroatoms. The van der Waals surface area contributed by atoms with Crippen molar-refractivity contribution in [3.8, 4) is 0 Å². The summed E-state index contributed by atoms with van der Waals surface area (Å²) in [5.74, 6) is -0.768. The highest BCUT2D eigenvalue weighted by molar-refractivity contribution is 6.01. The molecule has 0 bridgehead atoms. The molecule has 0 radical (unpaired) electrons. The SMILES string of the molecule is CC(=O)Nc1cccc(N2C[C@@H](C(=O)NCc3cccc(C)c3)CC2=O)c1. The van der Waals surface area contributed by atoms with Gasteiger partial charge >= 0.3 is 0 Å². The minimum absolute atomic E-state index is 0.0920. The summed E-state index contributed by atoms with van der Waals surface area (Å²) in [5.41, 5.74) is 3.48. The predicted molar refractivity (Wildman–Crippen MR) is 104 cm³/mol. The molecule has 3 amide bonds. The summed E-state index contributed by atoms with van der Waals surface area (Å²) >= 11 is 0. The molecular formula is C21H23N3O3. The van der Waals surface area contributed by atoms with Crippen LogP contribution in [0, 0.1) is 12.8 Å². The molecule has 2 N–H and O–H groups in total. The first kappa shape index (κ1) is 18.6. The van der Waals surface area contributed by atoms with Gasteiger partial charge in [0.25, 0.3) is 0 Å². The van der Waals surface area contributed by atoms with Gasteiger partial charge in [0, 0.05) is 37.8 Å². The molecule has 1 fully saturated rings. The lowest BCUT2D eigenvalue weighted by atomic mass is 10.1. The van der Waals surface area contributed by atoms with E-state index in [-0.39, 0.29) is 30.1 Å². The monoisotopic (exact) mass is 365 g/mol. The van der Waals surface area contributed by atoms with Crippen molar-refractivity contribution in [2.75, 3.05) is 16.8 Å². The molecule has 0 aliphatic carbocycles. The molecule has 0 spiro atoms. The molecule has 1 atom stereocenters. The zero-order valence-corrected chi connectivity index (χ0v) is 15.5. The van der Waals surface area contributed by atoms with Gasteiger partial charge in [-0.05, 0) is 30.7 Å². The Kier molecular flexibility index (Phi) is 5.54. The van der Waals surface area contributed by atoms with Crippen molar-refractivity contribution in [1.82, 2.24) is 5.32 Å². The molecule has 1 aliphatic rings. The van der Waals surface area contributed by atoms with Crippen LogP contribution in [0.3, 0.4) is 0 Å². The van der Waals surface area contributed by atoms with E-state index in [2.05, 4.69) is 10.6 Å². The number of anilines is 2. The lowest BCUT2D eigenvalue weighted by Crippen LogP contribution is -2.32. The van der Waals surface area contributed by atoms with Crippen LogP contribution in [-0.2, 0) is 20.9 Å². The second kappa shape index (κ2) is 8.03. The lowest BCUT2D eigenvalue weighted by Gasteiger charge is -2.18. The molecular weight excluding hydrogens is 342 g/mol. The number of nitrogens with one attached hydrogen (secondary N) is 2. The van der Waals surface area contributed by atoms with Crippen molar-refractivity contribution in [1.29, 1.82) is 0 Å². The Hall–Kier alpha value is -3.15. The molecule has 1 aliphatic heterocycles. The van der Waals surface area contributed by atoms with Crippen LogP contribution in [0.2, 0.25) is 0 Å². The van der Waals surface area contributed by atoms with Crippen molar-refractivity contribution in [2.45, 2.75) is 26.8 Å². The largest absolute Gasteiger partial charge is 0.352 e. The third-order valence-electron chi connectivity index (χ3n) is 4.52. The number of carbonyl (C=O) groups excluding carboxylic acids is 3. The number of amides is 3. The third-order valence-corrected chi connectivity index (χ3v) is 4.52. The maximum atomic E-state index is 12.5. The summed E-state index contributed by atoms with van der Waals surface area (Å²) in [4.78, 5) is 37.7. The summed E-state index contributed by atoms with van der Waals surface area (Å²) in [6.45, 7) is 4.22. The molecule has 27 heavy (non-hydrogen) atoms. The highest BCUT2D eigenvalue weighted by Crippen LogP contribution is 2.27. The van der Waals surface area contributed by atoms with E-state index in [1.807, 2.05) is 31.2 Å². The predicted octanol–water partition coefficient (Wildman–Crippen LogP) is 2.62. The van der Waals surface area contributed by atoms with Gasteiger partial charge in [-0.1, -0.05) is 35.9 Å². The van der Waals surface area contributed by atoms with Gasteiger partial charge in [0.05, 0.1) is 5.92 Å². The van der Waals surface area contributed by atoms with Crippen LogP contribution in [0.5, 0.6) is 0 Å². The number of hydrogen-bond acceptors (Lipinski definition) is 3. The van der Waals surface area contributed by atoms with Gasteiger partial charge in [-0.15, -0.1) is 0 Å². The van der Waals surface area contributed by atoms with Crippen LogP contribution in [0.1, 0.15) is 24.5 Å². The summed E-state index contributed by atoms with van der Waals surface area (Å²) in [6, 6.07) is 15.0. The zero-order chi connectivity index (χ0) is 19.4. The van der Waals surface area contributed by atoms with E-state index >= 15 is 0 Å². The van der Waals surface area contributed by atoms with Crippen LogP contribution in [0.4, 0.5) is 11.4 Å². The number of nitrogens with zero attached hydrogens (tertiary/aromatic N) is 1. The first-order valence-electron chi connectivity index (χ1n) is 8.93. The van der Waals surface area contributed by atoms with Crippen LogP contribution < -0.4 is 15.5 Å². The quantitative estimate of drug-likeness (QED) is 0.855. The van der Waals surface area contributed by atoms with Crippen LogP contribution in [0.25, 0.3) is 0 Å². The van der Waals surface area contributed by atoms with Crippen molar-refractivity contribution in [2.24, 2.45) is 5.92 Å². The molecule has 1 saturated heterocycles. The van der Waals surface area contributed by atoms with E-state index in [4.69, 9.17) is 0 Å². The molecule has 2 aromatic carbocycles. The maximum Gasteiger partial charge on any atom is 0.227 e. The number of hydrogen-bond donors (Lipinski definition) is 2. The summed E-state index contributed by atoms with van der Waals surface area (Å²) in [5, 5.41) is 5.63. The van der Waals surface area contributed by atoms with E-state index < -0.39 is 0 Å². The number of aryl methyl sites for hydroxylation is 1. The van der Waals surface area contributed by atoms with Crippen molar-refractivity contribution >= 4 is 29.1 Å². The van der Waals surface area contributed by atoms with Gasteiger partial charge in [-0.3, -0.25) is 14.4 Å². The smallest absolute Gasteiger partial charge is 0.227 e. The Labute approximate surface area is 158 Å². The fourth-order valence-corrected chi connectivity index (χ4v) is 3.24. The van der Waals surface area contributed by atoms with E-state index in [1.165, 1.54) is 6.92 Å². The number of rotatable bonds is 5. The second-order valence-corrected chi connectivity index (χ2v) is 6.84. The molecule has 140 valence electrons. The topological polar surface area (TPSA) is 78.5 Å². The summed E-state index contributed by atoms with van der Waals surface area (Å²) in [6.07, 6.45) is 0.185. The van der Waals surface area contributed by atoms with E-state index in [1.54, 1.807) is 29.2 Å². The lowest BCUT2D eigenvalue weighted by molar-refractivity contribution is -0.126. The molecule has 0 unspecified atom stereocenters. The van der Waals surface area contributed by atoms with Gasteiger partial charge in [0.1, 0.15) is 0 Å². The summed E-state index contributed by atoms with van der Waals surface area (Å²) < 4.78 is 0. The van der Waals surface area contributed by atoms with Gasteiger partial charge in [0.2, 0.25) is 17.7 Å². The van der Waals surface area contributed by atoms with E-state index in [0.29, 0.717) is 24.5 Å².